The van der Waals surface area contributed by atoms with E-state index in [1.165, 1.54) is 18.2 Å². The van der Waals surface area contributed by atoms with Crippen LogP contribution in [0.1, 0.15) is 33.8 Å². The third-order valence-electron chi connectivity index (χ3n) is 7.60. The Morgan fingerprint density at radius 3 is 2.29 bits per heavy atom. The van der Waals surface area contributed by atoms with E-state index in [9.17, 15) is 4.79 Å². The second-order valence-electron chi connectivity index (χ2n) is 10.1. The van der Waals surface area contributed by atoms with Crippen molar-refractivity contribution in [3.05, 3.63) is 132 Å². The summed E-state index contributed by atoms with van der Waals surface area (Å²) >= 11 is 0. The summed E-state index contributed by atoms with van der Waals surface area (Å²) in [5.41, 5.74) is 6.71. The Morgan fingerprint density at radius 2 is 1.60 bits per heavy atom. The summed E-state index contributed by atoms with van der Waals surface area (Å²) in [6, 6.07) is 36.1. The first kappa shape index (κ1) is 25.5. The molecule has 42 heavy (non-hydrogen) atoms. The zero-order valence-electron chi connectivity index (χ0n) is 22.9. The molecule has 0 saturated carbocycles. The summed E-state index contributed by atoms with van der Waals surface area (Å²) in [5, 5.41) is 0. The minimum Gasteiger partial charge on any atom is -0.465 e. The Labute approximate surface area is 242 Å². The third-order valence-corrected chi connectivity index (χ3v) is 7.60. The van der Waals surface area contributed by atoms with Crippen LogP contribution in [-0.4, -0.2) is 27.6 Å². The van der Waals surface area contributed by atoms with E-state index in [0.717, 1.165) is 23.3 Å². The molecule has 0 fully saturated rings. The molecule has 4 aromatic carbocycles. The molecule has 0 N–H and O–H groups in total. The molecule has 0 amide bonds. The van der Waals surface area contributed by atoms with Crippen molar-refractivity contribution in [1.82, 2.24) is 14.5 Å². The van der Waals surface area contributed by atoms with Crippen LogP contribution in [0, 0.1) is 0 Å². The fourth-order valence-corrected chi connectivity index (χ4v) is 5.59. The van der Waals surface area contributed by atoms with E-state index in [4.69, 9.17) is 18.6 Å². The quantitative estimate of drug-likeness (QED) is 0.177. The number of aromatic nitrogens is 3. The van der Waals surface area contributed by atoms with Crippen LogP contribution in [-0.2, 0) is 11.3 Å². The van der Waals surface area contributed by atoms with Gasteiger partial charge >= 0.3 is 5.97 Å². The fourth-order valence-electron chi connectivity index (χ4n) is 5.59. The summed E-state index contributed by atoms with van der Waals surface area (Å²) in [5.74, 6) is 1.48. The smallest absolute Gasteiger partial charge is 0.337 e. The van der Waals surface area contributed by atoms with Gasteiger partial charge in [0.25, 0.3) is 5.89 Å². The first-order valence-electron chi connectivity index (χ1n) is 13.8. The van der Waals surface area contributed by atoms with Gasteiger partial charge in [0.15, 0.2) is 11.3 Å². The van der Waals surface area contributed by atoms with E-state index in [-0.39, 0.29) is 5.92 Å². The fraction of sp³-hybridized carbons (Fsp3) is 0.114. The molecular weight excluding hydrogens is 526 g/mol. The molecule has 7 nitrogen and oxygen atoms in total. The number of benzene rings is 4. The normalized spacial score (nSPS) is 11.5. The summed E-state index contributed by atoms with van der Waals surface area (Å²) in [6.07, 6.45) is 2.43. The van der Waals surface area contributed by atoms with Gasteiger partial charge in [-0.2, -0.15) is 0 Å². The summed E-state index contributed by atoms with van der Waals surface area (Å²) in [6.45, 7) is 0.674. The highest BCUT2D eigenvalue weighted by molar-refractivity contribution is 5.96. The van der Waals surface area contributed by atoms with E-state index < -0.39 is 5.97 Å². The molecule has 0 atom stereocenters. The molecule has 3 aromatic heterocycles. The highest BCUT2D eigenvalue weighted by atomic mass is 16.5. The minimum absolute atomic E-state index is 0.179. The van der Waals surface area contributed by atoms with E-state index in [1.54, 1.807) is 24.5 Å². The van der Waals surface area contributed by atoms with Crippen molar-refractivity contribution >= 4 is 28.1 Å². The Morgan fingerprint density at radius 1 is 0.833 bits per heavy atom. The molecule has 7 aromatic rings. The average molecular weight is 554 g/mol. The number of ether oxygens (including phenoxy) is 1. The third kappa shape index (κ3) is 4.65. The minimum atomic E-state index is -0.401. The molecule has 0 spiro atoms. The predicted molar refractivity (Wildman–Crippen MR) is 161 cm³/mol. The van der Waals surface area contributed by atoms with Gasteiger partial charge < -0.3 is 18.1 Å². The maximum Gasteiger partial charge on any atom is 0.337 e. The van der Waals surface area contributed by atoms with Gasteiger partial charge in [0.05, 0.1) is 35.5 Å². The monoisotopic (exact) mass is 553 g/mol. The Hall–Kier alpha value is -5.43. The lowest BCUT2D eigenvalue weighted by Gasteiger charge is -2.19. The zero-order chi connectivity index (χ0) is 28.5. The zero-order valence-corrected chi connectivity index (χ0v) is 22.9. The highest BCUT2D eigenvalue weighted by Gasteiger charge is 2.22. The largest absolute Gasteiger partial charge is 0.465 e. The van der Waals surface area contributed by atoms with Gasteiger partial charge in [-0.3, -0.25) is 0 Å². The Balaban J connectivity index is 1.36. The second kappa shape index (κ2) is 10.9. The number of esters is 1. The number of furan rings is 1. The van der Waals surface area contributed by atoms with Gasteiger partial charge in [0, 0.05) is 12.5 Å². The Kier molecular flexibility index (Phi) is 6.60. The lowest BCUT2D eigenvalue weighted by molar-refractivity contribution is 0.0601. The molecule has 0 radical (unpaired) electrons. The number of rotatable bonds is 8. The predicted octanol–water partition coefficient (Wildman–Crippen LogP) is 8.11. The van der Waals surface area contributed by atoms with Gasteiger partial charge in [-0.25, -0.2) is 14.8 Å². The standard InChI is InChI=1S/C35H27N3O4/c1-40-35(39)25-17-18-30-29(22-25)36-33(27-14-8-15-28-32(27)42-34(37-28)31-16-9-21-41-31)38(30)20-19-26(23-10-4-2-5-11-23)24-12-6-3-7-13-24/h2-18,21-22,26H,19-20H2,1H3. The van der Waals surface area contributed by atoms with Gasteiger partial charge in [0.2, 0.25) is 0 Å². The molecule has 7 heteroatoms. The number of hydrogen-bond acceptors (Lipinski definition) is 6. The number of carbonyl (C=O) groups excluding carboxylic acids is 1. The number of methoxy groups -OCH3 is 1. The number of para-hydroxylation sites is 1. The lowest BCUT2D eigenvalue weighted by atomic mass is 9.88. The van der Waals surface area contributed by atoms with Crippen molar-refractivity contribution in [1.29, 1.82) is 0 Å². The van der Waals surface area contributed by atoms with Crippen molar-refractivity contribution in [3.8, 4) is 23.0 Å². The van der Waals surface area contributed by atoms with Crippen LogP contribution in [0.15, 0.2) is 124 Å². The first-order chi connectivity index (χ1) is 20.7. The number of nitrogens with zero attached hydrogens (tertiary/aromatic N) is 3. The van der Waals surface area contributed by atoms with Gasteiger partial charge in [-0.05, 0) is 60.0 Å². The van der Waals surface area contributed by atoms with Crippen molar-refractivity contribution in [2.24, 2.45) is 0 Å². The molecule has 0 aliphatic carbocycles. The molecular formula is C35H27N3O4. The van der Waals surface area contributed by atoms with E-state index in [2.05, 4.69) is 58.1 Å². The number of fused-ring (bicyclic) bond motifs is 2. The highest BCUT2D eigenvalue weighted by Crippen LogP contribution is 2.36. The van der Waals surface area contributed by atoms with Crippen LogP contribution in [0.25, 0.3) is 45.2 Å². The molecule has 0 saturated heterocycles. The number of carbonyl (C=O) groups is 1. The number of oxazole rings is 1. The van der Waals surface area contributed by atoms with Crippen molar-refractivity contribution in [2.75, 3.05) is 7.11 Å². The van der Waals surface area contributed by atoms with E-state index >= 15 is 0 Å². The lowest BCUT2D eigenvalue weighted by Crippen LogP contribution is -2.08. The summed E-state index contributed by atoms with van der Waals surface area (Å²) in [7, 11) is 1.38. The van der Waals surface area contributed by atoms with Crippen molar-refractivity contribution in [3.63, 3.8) is 0 Å². The summed E-state index contributed by atoms with van der Waals surface area (Å²) in [4.78, 5) is 22.1. The molecule has 7 rings (SSSR count). The van der Waals surface area contributed by atoms with Crippen LogP contribution >= 0.6 is 0 Å². The Bertz CT molecular complexity index is 1950. The first-order valence-corrected chi connectivity index (χ1v) is 13.8. The number of imidazole rings is 1. The SMILES string of the molecule is COC(=O)c1ccc2c(c1)nc(-c1cccc3nc(-c4ccco4)oc13)n2CCC(c1ccccc1)c1ccccc1. The van der Waals surface area contributed by atoms with Crippen molar-refractivity contribution < 1.29 is 18.4 Å². The van der Waals surface area contributed by atoms with Crippen LogP contribution < -0.4 is 0 Å². The number of hydrogen-bond donors (Lipinski definition) is 0. The van der Waals surface area contributed by atoms with Crippen LogP contribution in [0.4, 0.5) is 0 Å². The van der Waals surface area contributed by atoms with Gasteiger partial charge in [-0.15, -0.1) is 0 Å². The maximum absolute atomic E-state index is 12.3. The number of aryl methyl sites for hydroxylation is 1. The molecule has 3 heterocycles. The van der Waals surface area contributed by atoms with Gasteiger partial charge in [0.1, 0.15) is 11.3 Å². The van der Waals surface area contributed by atoms with Crippen LogP contribution in [0.5, 0.6) is 0 Å². The van der Waals surface area contributed by atoms with E-state index in [1.807, 2.05) is 42.5 Å². The maximum atomic E-state index is 12.3. The molecule has 206 valence electrons. The van der Waals surface area contributed by atoms with Crippen molar-refractivity contribution in [2.45, 2.75) is 18.9 Å². The summed E-state index contributed by atoms with van der Waals surface area (Å²) < 4.78 is 19.0. The molecule has 0 aliphatic heterocycles. The molecule has 0 bridgehead atoms. The molecule has 0 aliphatic rings. The average Bonchev–Trinajstić information content (AvgIpc) is 3.80. The topological polar surface area (TPSA) is 83.3 Å². The van der Waals surface area contributed by atoms with Crippen LogP contribution in [0.3, 0.4) is 0 Å². The second-order valence-corrected chi connectivity index (χ2v) is 10.1. The molecule has 0 unspecified atom stereocenters. The van der Waals surface area contributed by atoms with E-state index in [0.29, 0.717) is 40.4 Å². The van der Waals surface area contributed by atoms with Gasteiger partial charge in [-0.1, -0.05) is 66.7 Å². The van der Waals surface area contributed by atoms with Crippen LogP contribution in [0.2, 0.25) is 0 Å².